The predicted molar refractivity (Wildman–Crippen MR) is 188 cm³/mol. The summed E-state index contributed by atoms with van der Waals surface area (Å²) in [6.45, 7) is 5.15. The van der Waals surface area contributed by atoms with Gasteiger partial charge in [0.1, 0.15) is 24.4 Å². The Morgan fingerprint density at radius 3 is 1.88 bits per heavy atom. The Balaban J connectivity index is 1.20. The third kappa shape index (κ3) is 9.52. The van der Waals surface area contributed by atoms with Gasteiger partial charge in [-0.1, -0.05) is 107 Å². The Labute approximate surface area is 291 Å². The van der Waals surface area contributed by atoms with E-state index in [0.29, 0.717) is 26.4 Å². The van der Waals surface area contributed by atoms with Gasteiger partial charge in [-0.15, -0.1) is 0 Å². The molecule has 0 N–H and O–H groups in total. The van der Waals surface area contributed by atoms with Crippen LogP contribution in [0.5, 0.6) is 0 Å². The lowest BCUT2D eigenvalue weighted by molar-refractivity contribution is -0.323. The summed E-state index contributed by atoms with van der Waals surface area (Å²) in [5, 5.41) is 0. The van der Waals surface area contributed by atoms with Gasteiger partial charge in [-0.25, -0.2) is 0 Å². The minimum atomic E-state index is -0.703. The van der Waals surface area contributed by atoms with Crippen molar-refractivity contribution in [3.63, 3.8) is 0 Å². The molecule has 6 rings (SSSR count). The summed E-state index contributed by atoms with van der Waals surface area (Å²) in [4.78, 5) is 2.34. The molecule has 0 saturated carbocycles. The number of rotatable bonds is 15. The van der Waals surface area contributed by atoms with E-state index in [2.05, 4.69) is 69.4 Å². The molecule has 0 unspecified atom stereocenters. The quantitative estimate of drug-likeness (QED) is 0.131. The zero-order valence-corrected chi connectivity index (χ0v) is 28.9. The highest BCUT2D eigenvalue weighted by Gasteiger charge is 2.48. The highest BCUT2D eigenvalue weighted by Crippen LogP contribution is 2.32. The lowest BCUT2D eigenvalue weighted by Gasteiger charge is -2.45. The standard InChI is InChI=1S/C39H44BrNO7/c1-42-39-38(47-27-32-14-8-9-15-34(32)40)37(46-26-30-12-6-3-7-13-30)36(45-25-29-10-4-2-5-11-29)35(48-39)28-44-24-31-16-18-33(19-17-31)41-20-22-43-23-21-41/h2-19,35-39H,20-28H2,1H3/t35-,36-,37+,38-,39-/m1/s1. The van der Waals surface area contributed by atoms with Crippen molar-refractivity contribution in [1.82, 2.24) is 0 Å². The van der Waals surface area contributed by atoms with Crippen LogP contribution in [-0.2, 0) is 59.6 Å². The van der Waals surface area contributed by atoms with Crippen molar-refractivity contribution in [2.45, 2.75) is 57.1 Å². The number of hydrogen-bond acceptors (Lipinski definition) is 8. The number of methoxy groups -OCH3 is 1. The van der Waals surface area contributed by atoms with E-state index in [1.165, 1.54) is 5.69 Å². The number of ether oxygens (including phenoxy) is 7. The van der Waals surface area contributed by atoms with Gasteiger partial charge in [0.25, 0.3) is 0 Å². The van der Waals surface area contributed by atoms with Gasteiger partial charge in [0.05, 0.1) is 46.2 Å². The second kappa shape index (κ2) is 18.0. The van der Waals surface area contributed by atoms with E-state index in [0.717, 1.165) is 53.0 Å². The third-order valence-corrected chi connectivity index (χ3v) is 9.42. The van der Waals surface area contributed by atoms with Gasteiger partial charge >= 0.3 is 0 Å². The van der Waals surface area contributed by atoms with E-state index in [1.807, 2.05) is 60.7 Å². The highest BCUT2D eigenvalue weighted by molar-refractivity contribution is 9.10. The summed E-state index contributed by atoms with van der Waals surface area (Å²) < 4.78 is 45.3. The molecule has 4 aromatic rings. The van der Waals surface area contributed by atoms with Crippen molar-refractivity contribution in [3.8, 4) is 0 Å². The molecule has 0 radical (unpaired) electrons. The van der Waals surface area contributed by atoms with E-state index in [9.17, 15) is 0 Å². The maximum absolute atomic E-state index is 6.71. The Hall–Kier alpha value is -3.12. The van der Waals surface area contributed by atoms with Gasteiger partial charge in [0, 0.05) is 30.4 Å². The van der Waals surface area contributed by atoms with Crippen LogP contribution < -0.4 is 4.90 Å². The Kier molecular flexibility index (Phi) is 13.1. The van der Waals surface area contributed by atoms with Gasteiger partial charge in [0.15, 0.2) is 6.29 Å². The molecule has 9 heteroatoms. The first-order chi connectivity index (χ1) is 23.7. The van der Waals surface area contributed by atoms with Gasteiger partial charge in [-0.3, -0.25) is 0 Å². The molecule has 2 fully saturated rings. The van der Waals surface area contributed by atoms with Gasteiger partial charge in [-0.05, 0) is 40.5 Å². The lowest BCUT2D eigenvalue weighted by atomic mass is 9.97. The molecule has 0 spiro atoms. The molecule has 2 aliphatic heterocycles. The Morgan fingerprint density at radius 1 is 0.646 bits per heavy atom. The molecule has 254 valence electrons. The van der Waals surface area contributed by atoms with E-state index in [4.69, 9.17) is 33.2 Å². The van der Waals surface area contributed by atoms with Gasteiger partial charge < -0.3 is 38.1 Å². The smallest absolute Gasteiger partial charge is 0.186 e. The fraction of sp³-hybridized carbons (Fsp3) is 0.385. The third-order valence-electron chi connectivity index (χ3n) is 8.65. The molecule has 0 aromatic heterocycles. The zero-order chi connectivity index (χ0) is 33.0. The summed E-state index contributed by atoms with van der Waals surface area (Å²) in [6, 6.07) is 36.8. The average molecular weight is 719 g/mol. The highest BCUT2D eigenvalue weighted by atomic mass is 79.9. The SMILES string of the molecule is CO[C@@H]1O[C@H](COCc2ccc(N3CCOCC3)cc2)[C@@H](OCc2ccccc2)[C@H](OCc2ccccc2)[C@H]1OCc1ccccc1Br. The molecule has 2 saturated heterocycles. The van der Waals surface area contributed by atoms with Crippen LogP contribution in [0.15, 0.2) is 114 Å². The first kappa shape index (κ1) is 34.7. The van der Waals surface area contributed by atoms with E-state index in [1.54, 1.807) is 7.11 Å². The topological polar surface area (TPSA) is 67.9 Å². The van der Waals surface area contributed by atoms with Crippen molar-refractivity contribution in [1.29, 1.82) is 0 Å². The monoisotopic (exact) mass is 717 g/mol. The van der Waals surface area contributed by atoms with Crippen LogP contribution in [0, 0.1) is 0 Å². The van der Waals surface area contributed by atoms with E-state index in [-0.39, 0.29) is 6.61 Å². The lowest BCUT2D eigenvalue weighted by Crippen LogP contribution is -2.61. The number of hydrogen-bond donors (Lipinski definition) is 0. The molecule has 8 nitrogen and oxygen atoms in total. The Bertz CT molecular complexity index is 1500. The van der Waals surface area contributed by atoms with Crippen LogP contribution in [0.1, 0.15) is 22.3 Å². The molecule has 48 heavy (non-hydrogen) atoms. The number of morpholine rings is 1. The van der Waals surface area contributed by atoms with Crippen molar-refractivity contribution in [3.05, 3.63) is 136 Å². The molecule has 0 aliphatic carbocycles. The van der Waals surface area contributed by atoms with Crippen LogP contribution in [0.4, 0.5) is 5.69 Å². The number of halogens is 1. The average Bonchev–Trinajstić information content (AvgIpc) is 3.14. The number of nitrogens with zero attached hydrogens (tertiary/aromatic N) is 1. The first-order valence-electron chi connectivity index (χ1n) is 16.5. The van der Waals surface area contributed by atoms with Gasteiger partial charge in [-0.2, -0.15) is 0 Å². The molecule has 0 amide bonds. The largest absolute Gasteiger partial charge is 0.378 e. The summed E-state index contributed by atoms with van der Waals surface area (Å²) in [7, 11) is 1.63. The summed E-state index contributed by atoms with van der Waals surface area (Å²) in [5.41, 5.74) is 5.40. The Morgan fingerprint density at radius 2 is 1.23 bits per heavy atom. The first-order valence-corrected chi connectivity index (χ1v) is 17.3. The fourth-order valence-corrected chi connectivity index (χ4v) is 6.42. The molecule has 4 aromatic carbocycles. The minimum Gasteiger partial charge on any atom is -0.378 e. The fourth-order valence-electron chi connectivity index (χ4n) is 6.02. The summed E-state index contributed by atoms with van der Waals surface area (Å²) in [6.07, 6.45) is -2.78. The molecule has 5 atom stereocenters. The van der Waals surface area contributed by atoms with E-state index < -0.39 is 30.7 Å². The van der Waals surface area contributed by atoms with Crippen LogP contribution in [0.2, 0.25) is 0 Å². The normalized spacial score (nSPS) is 22.9. The summed E-state index contributed by atoms with van der Waals surface area (Å²) in [5.74, 6) is 0. The van der Waals surface area contributed by atoms with Crippen molar-refractivity contribution >= 4 is 21.6 Å². The van der Waals surface area contributed by atoms with Crippen molar-refractivity contribution < 1.29 is 33.2 Å². The predicted octanol–water partition coefficient (Wildman–Crippen LogP) is 6.93. The van der Waals surface area contributed by atoms with Crippen molar-refractivity contribution in [2.75, 3.05) is 44.9 Å². The maximum Gasteiger partial charge on any atom is 0.186 e. The van der Waals surface area contributed by atoms with Gasteiger partial charge in [0.2, 0.25) is 0 Å². The summed E-state index contributed by atoms with van der Waals surface area (Å²) >= 11 is 3.65. The second-order valence-corrected chi connectivity index (χ2v) is 12.8. The van der Waals surface area contributed by atoms with Crippen LogP contribution >= 0.6 is 15.9 Å². The molecule has 0 bridgehead atoms. The van der Waals surface area contributed by atoms with Crippen LogP contribution in [0.3, 0.4) is 0 Å². The zero-order valence-electron chi connectivity index (χ0n) is 27.3. The minimum absolute atomic E-state index is 0.284. The molecular formula is C39H44BrNO7. The molecular weight excluding hydrogens is 674 g/mol. The molecule has 2 heterocycles. The number of anilines is 1. The maximum atomic E-state index is 6.71. The van der Waals surface area contributed by atoms with Crippen molar-refractivity contribution in [2.24, 2.45) is 0 Å². The number of benzene rings is 4. The van der Waals surface area contributed by atoms with E-state index >= 15 is 0 Å². The van der Waals surface area contributed by atoms with Crippen LogP contribution in [-0.4, -0.2) is 70.7 Å². The second-order valence-electron chi connectivity index (χ2n) is 11.9. The van der Waals surface area contributed by atoms with Crippen LogP contribution in [0.25, 0.3) is 0 Å². The molecule has 2 aliphatic rings.